The fourth-order valence-electron chi connectivity index (χ4n) is 2.33. The van der Waals surface area contributed by atoms with E-state index in [9.17, 15) is 19.7 Å². The summed E-state index contributed by atoms with van der Waals surface area (Å²) >= 11 is 0. The molecule has 2 rings (SSSR count). The van der Waals surface area contributed by atoms with Gasteiger partial charge in [-0.3, -0.25) is 14.9 Å². The summed E-state index contributed by atoms with van der Waals surface area (Å²) in [7, 11) is 0. The van der Waals surface area contributed by atoms with Gasteiger partial charge in [0.25, 0.3) is 11.6 Å². The summed E-state index contributed by atoms with van der Waals surface area (Å²) in [5.41, 5.74) is 1.61. The lowest BCUT2D eigenvalue weighted by molar-refractivity contribution is -0.385. The Balaban J connectivity index is 2.41. The van der Waals surface area contributed by atoms with Crippen LogP contribution in [-0.2, 0) is 4.74 Å². The number of amides is 1. The van der Waals surface area contributed by atoms with Crippen molar-refractivity contribution in [2.24, 2.45) is 0 Å². The van der Waals surface area contributed by atoms with Crippen molar-refractivity contribution in [3.05, 3.63) is 68.8 Å². The molecule has 0 heterocycles. The molecule has 0 aliphatic rings. The highest BCUT2D eigenvalue weighted by Crippen LogP contribution is 2.24. The first-order chi connectivity index (χ1) is 11.8. The van der Waals surface area contributed by atoms with Crippen molar-refractivity contribution in [3.8, 4) is 0 Å². The number of benzene rings is 2. The van der Waals surface area contributed by atoms with Gasteiger partial charge < -0.3 is 10.1 Å². The second-order valence-electron chi connectivity index (χ2n) is 5.50. The smallest absolute Gasteiger partial charge is 0.340 e. The predicted octanol–water partition coefficient (Wildman–Crippen LogP) is 3.64. The Labute approximate surface area is 144 Å². The number of anilines is 1. The Morgan fingerprint density at radius 3 is 2.28 bits per heavy atom. The van der Waals surface area contributed by atoms with Crippen molar-refractivity contribution in [1.82, 2.24) is 0 Å². The van der Waals surface area contributed by atoms with E-state index in [-0.39, 0.29) is 29.1 Å². The Morgan fingerprint density at radius 1 is 1.08 bits per heavy atom. The molecule has 0 bridgehead atoms. The Hall–Kier alpha value is -3.22. The number of rotatable bonds is 5. The molecule has 0 fully saturated rings. The fourth-order valence-corrected chi connectivity index (χ4v) is 2.33. The number of hydrogen-bond donors (Lipinski definition) is 1. The van der Waals surface area contributed by atoms with E-state index in [0.717, 1.165) is 5.56 Å². The van der Waals surface area contributed by atoms with Gasteiger partial charge in [-0.15, -0.1) is 0 Å². The van der Waals surface area contributed by atoms with Gasteiger partial charge in [0.1, 0.15) is 5.56 Å². The van der Waals surface area contributed by atoms with E-state index in [4.69, 9.17) is 4.74 Å². The van der Waals surface area contributed by atoms with Crippen LogP contribution in [0.5, 0.6) is 0 Å². The van der Waals surface area contributed by atoms with Gasteiger partial charge in [-0.05, 0) is 44.5 Å². The van der Waals surface area contributed by atoms with E-state index in [2.05, 4.69) is 5.32 Å². The van der Waals surface area contributed by atoms with Crippen LogP contribution in [0.2, 0.25) is 0 Å². The molecule has 130 valence electrons. The van der Waals surface area contributed by atoms with E-state index in [1.165, 1.54) is 12.1 Å². The molecule has 0 atom stereocenters. The number of nitro benzene ring substituents is 1. The monoisotopic (exact) mass is 342 g/mol. The van der Waals surface area contributed by atoms with Gasteiger partial charge in [-0.2, -0.15) is 0 Å². The zero-order valence-electron chi connectivity index (χ0n) is 14.2. The van der Waals surface area contributed by atoms with E-state index in [1.54, 1.807) is 45.0 Å². The number of esters is 1. The molecule has 0 unspecified atom stereocenters. The predicted molar refractivity (Wildman–Crippen MR) is 92.9 cm³/mol. The topological polar surface area (TPSA) is 98.5 Å². The molecular weight excluding hydrogens is 324 g/mol. The van der Waals surface area contributed by atoms with Crippen LogP contribution in [0.15, 0.2) is 36.4 Å². The Morgan fingerprint density at radius 2 is 1.68 bits per heavy atom. The maximum absolute atomic E-state index is 12.5. The minimum Gasteiger partial charge on any atom is -0.462 e. The molecule has 1 amide bonds. The molecule has 0 spiro atoms. The van der Waals surface area contributed by atoms with Gasteiger partial charge in [0, 0.05) is 6.07 Å². The molecule has 0 saturated carbocycles. The summed E-state index contributed by atoms with van der Waals surface area (Å²) < 4.78 is 4.99. The van der Waals surface area contributed by atoms with Crippen molar-refractivity contribution >= 4 is 23.3 Å². The van der Waals surface area contributed by atoms with Crippen molar-refractivity contribution in [1.29, 1.82) is 0 Å². The van der Waals surface area contributed by atoms with Gasteiger partial charge in [-0.25, -0.2) is 4.79 Å². The third kappa shape index (κ3) is 4.20. The van der Waals surface area contributed by atoms with Gasteiger partial charge in [0.15, 0.2) is 0 Å². The van der Waals surface area contributed by atoms with E-state index in [1.807, 2.05) is 0 Å². The summed E-state index contributed by atoms with van der Waals surface area (Å²) in [5.74, 6) is -1.23. The van der Waals surface area contributed by atoms with Crippen LogP contribution in [0.4, 0.5) is 11.4 Å². The van der Waals surface area contributed by atoms with Crippen LogP contribution >= 0.6 is 0 Å². The molecule has 1 N–H and O–H groups in total. The first kappa shape index (κ1) is 18.1. The lowest BCUT2D eigenvalue weighted by Gasteiger charge is -2.12. The van der Waals surface area contributed by atoms with Crippen LogP contribution < -0.4 is 5.32 Å². The Bertz CT molecular complexity index is 845. The van der Waals surface area contributed by atoms with Gasteiger partial charge in [-0.1, -0.05) is 17.7 Å². The first-order valence-corrected chi connectivity index (χ1v) is 7.67. The second kappa shape index (κ2) is 7.57. The molecule has 7 nitrogen and oxygen atoms in total. The molecule has 0 aromatic heterocycles. The zero-order valence-corrected chi connectivity index (χ0v) is 14.2. The molecular formula is C18H18N2O5. The van der Waals surface area contributed by atoms with Crippen molar-refractivity contribution < 1.29 is 19.2 Å². The molecule has 2 aromatic rings. The third-order valence-corrected chi connectivity index (χ3v) is 3.51. The van der Waals surface area contributed by atoms with Crippen molar-refractivity contribution in [2.75, 3.05) is 11.9 Å². The largest absolute Gasteiger partial charge is 0.462 e. The van der Waals surface area contributed by atoms with Crippen LogP contribution in [0, 0.1) is 24.0 Å². The van der Waals surface area contributed by atoms with Crippen LogP contribution in [0.25, 0.3) is 0 Å². The van der Waals surface area contributed by atoms with Crippen LogP contribution in [-0.4, -0.2) is 23.4 Å². The van der Waals surface area contributed by atoms with Crippen molar-refractivity contribution in [2.45, 2.75) is 20.8 Å². The second-order valence-corrected chi connectivity index (χ2v) is 5.50. The highest BCUT2D eigenvalue weighted by molar-refractivity contribution is 6.10. The maximum atomic E-state index is 12.5. The maximum Gasteiger partial charge on any atom is 0.340 e. The molecule has 2 aromatic carbocycles. The van der Waals surface area contributed by atoms with E-state index < -0.39 is 16.8 Å². The average Bonchev–Trinajstić information content (AvgIpc) is 2.56. The quantitative estimate of drug-likeness (QED) is 0.508. The minimum atomic E-state index is -0.662. The standard InChI is InChI=1S/C18H18N2O5/c1-4-25-18(22)13-9-11(2)5-7-15(13)19-17(21)14-10-12(3)6-8-16(14)20(23)24/h5-10H,4H2,1-3H3,(H,19,21). The summed E-state index contributed by atoms with van der Waals surface area (Å²) in [6.07, 6.45) is 0. The lowest BCUT2D eigenvalue weighted by atomic mass is 10.1. The zero-order chi connectivity index (χ0) is 18.6. The average molecular weight is 342 g/mol. The number of carbonyl (C=O) groups is 2. The van der Waals surface area contributed by atoms with Gasteiger partial charge in [0.05, 0.1) is 22.8 Å². The number of carbonyl (C=O) groups excluding carboxylic acids is 2. The molecule has 0 aliphatic carbocycles. The van der Waals surface area contributed by atoms with Crippen molar-refractivity contribution in [3.63, 3.8) is 0 Å². The SMILES string of the molecule is CCOC(=O)c1cc(C)ccc1NC(=O)c1cc(C)ccc1[N+](=O)[O-]. The lowest BCUT2D eigenvalue weighted by Crippen LogP contribution is -2.17. The highest BCUT2D eigenvalue weighted by Gasteiger charge is 2.22. The molecule has 25 heavy (non-hydrogen) atoms. The van der Waals surface area contributed by atoms with E-state index >= 15 is 0 Å². The number of aryl methyl sites for hydroxylation is 2. The highest BCUT2D eigenvalue weighted by atomic mass is 16.6. The summed E-state index contributed by atoms with van der Waals surface area (Å²) in [6, 6.07) is 9.17. The van der Waals surface area contributed by atoms with Crippen LogP contribution in [0.1, 0.15) is 38.8 Å². The molecule has 0 saturated heterocycles. The Kier molecular flexibility index (Phi) is 5.49. The summed E-state index contributed by atoms with van der Waals surface area (Å²) in [5, 5.41) is 13.7. The normalized spacial score (nSPS) is 10.2. The molecule has 0 radical (unpaired) electrons. The van der Waals surface area contributed by atoms with Crippen LogP contribution in [0.3, 0.4) is 0 Å². The van der Waals surface area contributed by atoms with E-state index in [0.29, 0.717) is 5.56 Å². The molecule has 0 aliphatic heterocycles. The fraction of sp³-hybridized carbons (Fsp3) is 0.222. The number of nitrogens with zero attached hydrogens (tertiary/aromatic N) is 1. The number of hydrogen-bond acceptors (Lipinski definition) is 5. The summed E-state index contributed by atoms with van der Waals surface area (Å²) in [6.45, 7) is 5.42. The number of nitro groups is 1. The molecule has 7 heteroatoms. The van der Waals surface area contributed by atoms with Gasteiger partial charge >= 0.3 is 5.97 Å². The summed E-state index contributed by atoms with van der Waals surface area (Å²) in [4.78, 5) is 35.2. The van der Waals surface area contributed by atoms with Gasteiger partial charge in [0.2, 0.25) is 0 Å². The first-order valence-electron chi connectivity index (χ1n) is 7.67. The number of nitrogens with one attached hydrogen (secondary N) is 1. The number of ether oxygens (including phenoxy) is 1. The third-order valence-electron chi connectivity index (χ3n) is 3.51. The minimum absolute atomic E-state index is 0.0691.